The van der Waals surface area contributed by atoms with Crippen molar-refractivity contribution in [1.82, 2.24) is 20.2 Å². The van der Waals surface area contributed by atoms with E-state index in [0.29, 0.717) is 22.2 Å². The third kappa shape index (κ3) is 4.91. The number of fused-ring (bicyclic) bond motifs is 1. The second kappa shape index (κ2) is 8.50. The van der Waals surface area contributed by atoms with Gasteiger partial charge in [-0.15, -0.1) is 0 Å². The topological polar surface area (TPSA) is 58.1 Å². The molecule has 0 aliphatic heterocycles. The molecule has 168 valence electrons. The Morgan fingerprint density at radius 1 is 1.19 bits per heavy atom. The molecule has 32 heavy (non-hydrogen) atoms. The molecule has 2 heterocycles. The predicted molar refractivity (Wildman–Crippen MR) is 116 cm³/mol. The number of rotatable bonds is 6. The molecule has 8 heteroatoms. The normalized spacial score (nSPS) is 14.2. The minimum Gasteiger partial charge on any atom is -0.345 e. The first-order valence-corrected chi connectivity index (χ1v) is 10.5. The highest BCUT2D eigenvalue weighted by Gasteiger charge is 2.36. The number of amides is 1. The van der Waals surface area contributed by atoms with E-state index in [1.54, 1.807) is 25.3 Å². The smallest absolute Gasteiger partial charge is 0.345 e. The van der Waals surface area contributed by atoms with E-state index in [2.05, 4.69) is 15.3 Å². The predicted octanol–water partition coefficient (Wildman–Crippen LogP) is 4.83. The molecular formula is C24H25F3N4O. The summed E-state index contributed by atoms with van der Waals surface area (Å²) >= 11 is 0. The summed E-state index contributed by atoms with van der Waals surface area (Å²) in [5, 5.41) is 3.17. The summed E-state index contributed by atoms with van der Waals surface area (Å²) in [7, 11) is 3.91. The molecule has 2 aromatic heterocycles. The Labute approximate surface area is 184 Å². The lowest BCUT2D eigenvalue weighted by atomic mass is 9.98. The second-order valence-electron chi connectivity index (χ2n) is 8.64. The number of nitrogens with zero attached hydrogens (tertiary/aromatic N) is 3. The lowest BCUT2D eigenvalue weighted by Gasteiger charge is -2.15. The average molecular weight is 442 g/mol. The van der Waals surface area contributed by atoms with Crippen LogP contribution in [0.15, 0.2) is 36.5 Å². The van der Waals surface area contributed by atoms with Crippen LogP contribution in [-0.2, 0) is 19.3 Å². The quantitative estimate of drug-likeness (QED) is 0.594. The van der Waals surface area contributed by atoms with Gasteiger partial charge in [0.2, 0.25) is 0 Å². The third-order valence-electron chi connectivity index (χ3n) is 5.54. The summed E-state index contributed by atoms with van der Waals surface area (Å²) in [6, 6.07) is 8.31. The van der Waals surface area contributed by atoms with Gasteiger partial charge in [-0.05, 0) is 86.8 Å². The Morgan fingerprint density at radius 2 is 1.94 bits per heavy atom. The Kier molecular flexibility index (Phi) is 5.90. The third-order valence-corrected chi connectivity index (χ3v) is 5.54. The lowest BCUT2D eigenvalue weighted by Crippen LogP contribution is -2.25. The number of aromatic nitrogens is 2. The van der Waals surface area contributed by atoms with Gasteiger partial charge in [-0.2, -0.15) is 13.2 Å². The van der Waals surface area contributed by atoms with E-state index < -0.39 is 17.6 Å². The van der Waals surface area contributed by atoms with E-state index in [4.69, 9.17) is 0 Å². The molecule has 4 rings (SSSR count). The fourth-order valence-corrected chi connectivity index (χ4v) is 3.85. The molecule has 1 saturated carbocycles. The molecule has 1 aliphatic rings. The van der Waals surface area contributed by atoms with Crippen LogP contribution in [0.5, 0.6) is 0 Å². The molecule has 1 aliphatic carbocycles. The van der Waals surface area contributed by atoms with Crippen molar-refractivity contribution in [2.24, 2.45) is 0 Å². The summed E-state index contributed by atoms with van der Waals surface area (Å²) in [5.41, 5.74) is 2.00. The van der Waals surface area contributed by atoms with E-state index in [1.165, 1.54) is 6.07 Å². The maximum absolute atomic E-state index is 13.8. The highest BCUT2D eigenvalue weighted by Crippen LogP contribution is 2.44. The maximum atomic E-state index is 13.8. The molecule has 3 aromatic rings. The number of carbonyl (C=O) groups excluding carboxylic acids is 1. The maximum Gasteiger partial charge on any atom is 0.418 e. The van der Waals surface area contributed by atoms with Crippen molar-refractivity contribution in [3.63, 3.8) is 0 Å². The first-order chi connectivity index (χ1) is 15.1. The number of hydrogen-bond acceptors (Lipinski definition) is 4. The molecule has 1 fully saturated rings. The Hall–Kier alpha value is -3.00. The minimum atomic E-state index is -4.55. The van der Waals surface area contributed by atoms with Crippen molar-refractivity contribution in [2.75, 3.05) is 14.1 Å². The molecule has 0 saturated heterocycles. The highest BCUT2D eigenvalue weighted by atomic mass is 19.4. The van der Waals surface area contributed by atoms with Crippen LogP contribution >= 0.6 is 0 Å². The molecule has 0 spiro atoms. The van der Waals surface area contributed by atoms with Crippen LogP contribution in [0.3, 0.4) is 0 Å². The van der Waals surface area contributed by atoms with E-state index in [-0.39, 0.29) is 23.7 Å². The molecule has 5 nitrogen and oxygen atoms in total. The van der Waals surface area contributed by atoms with Crippen LogP contribution in [0.1, 0.15) is 57.2 Å². The van der Waals surface area contributed by atoms with E-state index >= 15 is 0 Å². The van der Waals surface area contributed by atoms with Crippen molar-refractivity contribution in [1.29, 1.82) is 0 Å². The van der Waals surface area contributed by atoms with Gasteiger partial charge in [0, 0.05) is 18.1 Å². The molecule has 0 bridgehead atoms. The van der Waals surface area contributed by atoms with Gasteiger partial charge in [0.1, 0.15) is 5.69 Å². The second-order valence-corrected chi connectivity index (χ2v) is 8.64. The first kappa shape index (κ1) is 22.2. The van der Waals surface area contributed by atoms with Crippen molar-refractivity contribution in [2.45, 2.75) is 44.9 Å². The van der Waals surface area contributed by atoms with Crippen LogP contribution in [0.25, 0.3) is 10.9 Å². The monoisotopic (exact) mass is 442 g/mol. The van der Waals surface area contributed by atoms with Gasteiger partial charge in [-0.1, -0.05) is 0 Å². The summed E-state index contributed by atoms with van der Waals surface area (Å²) in [6.07, 6.45) is -1.07. The van der Waals surface area contributed by atoms with Gasteiger partial charge in [-0.3, -0.25) is 9.78 Å². The van der Waals surface area contributed by atoms with Crippen molar-refractivity contribution in [3.05, 3.63) is 70.2 Å². The lowest BCUT2D eigenvalue weighted by molar-refractivity contribution is -0.136. The van der Waals surface area contributed by atoms with Gasteiger partial charge < -0.3 is 10.2 Å². The van der Waals surface area contributed by atoms with Gasteiger partial charge in [-0.25, -0.2) is 4.98 Å². The molecule has 1 N–H and O–H groups in total. The molecule has 1 amide bonds. The number of alkyl halides is 3. The van der Waals surface area contributed by atoms with Crippen LogP contribution in [0.4, 0.5) is 13.2 Å². The molecule has 0 radical (unpaired) electrons. The molecule has 1 aromatic carbocycles. The zero-order valence-corrected chi connectivity index (χ0v) is 18.3. The van der Waals surface area contributed by atoms with Gasteiger partial charge in [0.25, 0.3) is 5.91 Å². The number of aryl methyl sites for hydroxylation is 1. The number of nitrogens with one attached hydrogen (secondary N) is 1. The van der Waals surface area contributed by atoms with Crippen molar-refractivity contribution in [3.8, 4) is 0 Å². The summed E-state index contributed by atoms with van der Waals surface area (Å²) in [4.78, 5) is 23.1. The summed E-state index contributed by atoms with van der Waals surface area (Å²) in [6.45, 7) is 2.60. The molecule has 0 atom stereocenters. The average Bonchev–Trinajstić information content (AvgIpc) is 3.56. The minimum absolute atomic E-state index is 0.0379. The number of halogens is 3. The van der Waals surface area contributed by atoms with Crippen LogP contribution in [-0.4, -0.2) is 34.9 Å². The Bertz CT molecular complexity index is 1170. The standard InChI is InChI=1S/C24H25F3N4O/c1-14-8-21(23(32)29-12-18-9-15(6-7-28-18)13-31(2)3)30-22-19(14)10-17(16-4-5-16)11-20(22)24(25,26)27/h6-11,16H,4-5,12-13H2,1-3H3,(H,29,32). The van der Waals surface area contributed by atoms with Crippen LogP contribution in [0, 0.1) is 6.92 Å². The fourth-order valence-electron chi connectivity index (χ4n) is 3.85. The van der Waals surface area contributed by atoms with Crippen LogP contribution < -0.4 is 5.32 Å². The molecular weight excluding hydrogens is 417 g/mol. The van der Waals surface area contributed by atoms with E-state index in [9.17, 15) is 18.0 Å². The van der Waals surface area contributed by atoms with Gasteiger partial charge >= 0.3 is 6.18 Å². The van der Waals surface area contributed by atoms with Gasteiger partial charge in [0.15, 0.2) is 0 Å². The number of hydrogen-bond donors (Lipinski definition) is 1. The van der Waals surface area contributed by atoms with Gasteiger partial charge in [0.05, 0.1) is 23.3 Å². The number of benzene rings is 1. The Balaban J connectivity index is 1.61. The van der Waals surface area contributed by atoms with Crippen molar-refractivity contribution < 1.29 is 18.0 Å². The summed E-state index contributed by atoms with van der Waals surface area (Å²) < 4.78 is 41.4. The number of carbonyl (C=O) groups is 1. The SMILES string of the molecule is Cc1cc(C(=O)NCc2cc(CN(C)C)ccn2)nc2c(C(F)(F)F)cc(C3CC3)cc12. The van der Waals surface area contributed by atoms with E-state index in [1.807, 2.05) is 31.1 Å². The highest BCUT2D eigenvalue weighted by molar-refractivity contribution is 5.96. The molecule has 0 unspecified atom stereocenters. The first-order valence-electron chi connectivity index (χ1n) is 10.5. The summed E-state index contributed by atoms with van der Waals surface area (Å²) in [5.74, 6) is -0.354. The Morgan fingerprint density at radius 3 is 2.59 bits per heavy atom. The zero-order valence-electron chi connectivity index (χ0n) is 18.3. The largest absolute Gasteiger partial charge is 0.418 e. The number of pyridine rings is 2. The fraction of sp³-hybridized carbons (Fsp3) is 0.375. The van der Waals surface area contributed by atoms with Crippen LogP contribution in [0.2, 0.25) is 0 Å². The zero-order chi connectivity index (χ0) is 23.0. The van der Waals surface area contributed by atoms with E-state index in [0.717, 1.165) is 24.9 Å². The van der Waals surface area contributed by atoms with Crippen molar-refractivity contribution >= 4 is 16.8 Å².